The van der Waals surface area contributed by atoms with E-state index >= 15 is 0 Å². The van der Waals surface area contributed by atoms with E-state index in [1.807, 2.05) is 0 Å². The van der Waals surface area contributed by atoms with Crippen molar-refractivity contribution in [3.8, 4) is 0 Å². The number of hydrogen-bond donors (Lipinski definition) is 2. The van der Waals surface area contributed by atoms with Crippen molar-refractivity contribution in [1.82, 2.24) is 10.6 Å². The van der Waals surface area contributed by atoms with Gasteiger partial charge in [-0.05, 0) is 0 Å². The van der Waals surface area contributed by atoms with Gasteiger partial charge in [0.15, 0.2) is 0 Å². The normalized spacial score (nSPS) is 8.00. The lowest BCUT2D eigenvalue weighted by molar-refractivity contribution is -0.107. The molecule has 0 aromatic heterocycles. The van der Waals surface area contributed by atoms with Gasteiger partial charge in [-0.15, -0.1) is 0 Å². The van der Waals surface area contributed by atoms with Gasteiger partial charge in [0, 0.05) is 0 Å². The first-order valence-corrected chi connectivity index (χ1v) is 2.70. The third-order valence-corrected chi connectivity index (χ3v) is 0.692. The fraction of sp³-hybridized carbons (Fsp3) is 0.400. The number of carbonyl (C=O) groups is 3. The highest BCUT2D eigenvalue weighted by molar-refractivity contribution is 5.78. The van der Waals surface area contributed by atoms with Gasteiger partial charge in [0.2, 0.25) is 0 Å². The number of amides is 2. The molecule has 0 radical (unpaired) electrons. The van der Waals surface area contributed by atoms with Crippen LogP contribution >= 0.6 is 0 Å². The summed E-state index contributed by atoms with van der Waals surface area (Å²) in [6.07, 6.45) is 1.11. The molecule has 0 atom stereocenters. The van der Waals surface area contributed by atoms with Crippen LogP contribution in [0.5, 0.6) is 0 Å². The van der Waals surface area contributed by atoms with E-state index in [0.29, 0.717) is 12.6 Å². The molecule has 5 heteroatoms. The maximum atomic E-state index is 10.4. The molecule has 0 aromatic rings. The second-order valence-corrected chi connectivity index (χ2v) is 1.42. The number of urea groups is 1. The minimum absolute atomic E-state index is 0.0370. The second kappa shape index (κ2) is 5.74. The van der Waals surface area contributed by atoms with Gasteiger partial charge >= 0.3 is 6.03 Å². The Bertz CT molecular complexity index is 121. The largest absolute Gasteiger partial charge is 0.331 e. The SMILES string of the molecule is O=CCNC(=O)NCC=O. The summed E-state index contributed by atoms with van der Waals surface area (Å²) in [5.74, 6) is 0. The van der Waals surface area contributed by atoms with E-state index in [-0.39, 0.29) is 13.1 Å². The van der Waals surface area contributed by atoms with Crippen molar-refractivity contribution < 1.29 is 14.4 Å². The van der Waals surface area contributed by atoms with Crippen molar-refractivity contribution in [2.75, 3.05) is 13.1 Å². The van der Waals surface area contributed by atoms with Crippen molar-refractivity contribution in [1.29, 1.82) is 0 Å². The van der Waals surface area contributed by atoms with Crippen molar-refractivity contribution in [2.24, 2.45) is 0 Å². The predicted molar refractivity (Wildman–Crippen MR) is 33.5 cm³/mol. The van der Waals surface area contributed by atoms with Gasteiger partial charge in [0.25, 0.3) is 0 Å². The molecule has 0 saturated heterocycles. The quantitative estimate of drug-likeness (QED) is 0.481. The summed E-state index contributed by atoms with van der Waals surface area (Å²) in [5, 5.41) is 4.38. The van der Waals surface area contributed by atoms with Gasteiger partial charge < -0.3 is 20.2 Å². The Morgan fingerprint density at radius 1 is 1.10 bits per heavy atom. The van der Waals surface area contributed by atoms with E-state index in [0.717, 1.165) is 0 Å². The van der Waals surface area contributed by atoms with E-state index in [9.17, 15) is 14.4 Å². The molecule has 0 aliphatic carbocycles. The zero-order valence-corrected chi connectivity index (χ0v) is 5.29. The van der Waals surface area contributed by atoms with Crippen LogP contribution in [0, 0.1) is 0 Å². The standard InChI is InChI=1S/C5H8N2O3/c8-3-1-6-5(10)7-2-4-9/h3-4H,1-2H2,(H2,6,7,10). The maximum absolute atomic E-state index is 10.4. The Morgan fingerprint density at radius 2 is 1.50 bits per heavy atom. The topological polar surface area (TPSA) is 75.3 Å². The van der Waals surface area contributed by atoms with Gasteiger partial charge in [-0.3, -0.25) is 0 Å². The van der Waals surface area contributed by atoms with Gasteiger partial charge in [0.05, 0.1) is 13.1 Å². The maximum Gasteiger partial charge on any atom is 0.315 e. The molecule has 0 spiro atoms. The van der Waals surface area contributed by atoms with Crippen LogP contribution < -0.4 is 10.6 Å². The van der Waals surface area contributed by atoms with E-state index in [1.54, 1.807) is 0 Å². The van der Waals surface area contributed by atoms with Gasteiger partial charge in [0.1, 0.15) is 12.6 Å². The fourth-order valence-electron chi connectivity index (χ4n) is 0.331. The molecule has 5 nitrogen and oxygen atoms in total. The third-order valence-electron chi connectivity index (χ3n) is 0.692. The summed E-state index contributed by atoms with van der Waals surface area (Å²) in [5.41, 5.74) is 0. The molecular weight excluding hydrogens is 136 g/mol. The summed E-state index contributed by atoms with van der Waals surface area (Å²) in [4.78, 5) is 29.8. The molecule has 0 aliphatic heterocycles. The summed E-state index contributed by atoms with van der Waals surface area (Å²) in [6.45, 7) is -0.0740. The fourth-order valence-corrected chi connectivity index (χ4v) is 0.331. The van der Waals surface area contributed by atoms with E-state index in [4.69, 9.17) is 0 Å². The monoisotopic (exact) mass is 144 g/mol. The minimum atomic E-state index is -0.515. The Balaban J connectivity index is 3.24. The van der Waals surface area contributed by atoms with E-state index < -0.39 is 6.03 Å². The Morgan fingerprint density at radius 3 is 1.80 bits per heavy atom. The molecule has 0 heterocycles. The van der Waals surface area contributed by atoms with Crippen molar-refractivity contribution in [2.45, 2.75) is 0 Å². The second-order valence-electron chi connectivity index (χ2n) is 1.42. The van der Waals surface area contributed by atoms with Crippen LogP contribution in [0.4, 0.5) is 4.79 Å². The molecule has 0 rings (SSSR count). The smallest absolute Gasteiger partial charge is 0.315 e. The zero-order chi connectivity index (χ0) is 7.82. The highest BCUT2D eigenvalue weighted by atomic mass is 16.2. The third kappa shape index (κ3) is 4.76. The molecule has 2 amide bonds. The molecular formula is C5H8N2O3. The number of aldehydes is 2. The Hall–Kier alpha value is -1.39. The first-order valence-electron chi connectivity index (χ1n) is 2.70. The predicted octanol–water partition coefficient (Wildman–Crippen LogP) is -1.32. The van der Waals surface area contributed by atoms with E-state index in [2.05, 4.69) is 10.6 Å². The average molecular weight is 144 g/mol. The molecule has 10 heavy (non-hydrogen) atoms. The summed E-state index contributed by atoms with van der Waals surface area (Å²) >= 11 is 0. The Kier molecular flexibility index (Phi) is 4.94. The van der Waals surface area contributed by atoms with Crippen LogP contribution in [0.2, 0.25) is 0 Å². The molecule has 0 fully saturated rings. The van der Waals surface area contributed by atoms with E-state index in [1.165, 1.54) is 0 Å². The van der Waals surface area contributed by atoms with Crippen molar-refractivity contribution in [3.05, 3.63) is 0 Å². The number of nitrogens with one attached hydrogen (secondary N) is 2. The first kappa shape index (κ1) is 8.61. The highest BCUT2D eigenvalue weighted by Crippen LogP contribution is 1.59. The van der Waals surface area contributed by atoms with Crippen LogP contribution in [0.25, 0.3) is 0 Å². The molecule has 2 N–H and O–H groups in total. The molecule has 0 bridgehead atoms. The van der Waals surface area contributed by atoms with Crippen molar-refractivity contribution in [3.63, 3.8) is 0 Å². The average Bonchev–Trinajstić information content (AvgIpc) is 1.97. The molecule has 0 saturated carbocycles. The van der Waals surface area contributed by atoms with Crippen LogP contribution in [0.1, 0.15) is 0 Å². The first-order chi connectivity index (χ1) is 4.81. The van der Waals surface area contributed by atoms with Gasteiger partial charge in [-0.25, -0.2) is 4.79 Å². The number of carbonyl (C=O) groups excluding carboxylic acids is 3. The minimum Gasteiger partial charge on any atom is -0.331 e. The molecule has 0 aliphatic rings. The van der Waals surface area contributed by atoms with Crippen LogP contribution in [0.15, 0.2) is 0 Å². The van der Waals surface area contributed by atoms with Crippen LogP contribution in [-0.4, -0.2) is 31.7 Å². The summed E-state index contributed by atoms with van der Waals surface area (Å²) in [6, 6.07) is -0.515. The summed E-state index contributed by atoms with van der Waals surface area (Å²) < 4.78 is 0. The van der Waals surface area contributed by atoms with Gasteiger partial charge in [-0.1, -0.05) is 0 Å². The van der Waals surface area contributed by atoms with Crippen molar-refractivity contribution >= 4 is 18.6 Å². The van der Waals surface area contributed by atoms with Gasteiger partial charge in [-0.2, -0.15) is 0 Å². The lowest BCUT2D eigenvalue weighted by atomic mass is 10.7. The van der Waals surface area contributed by atoms with Crippen LogP contribution in [-0.2, 0) is 9.59 Å². The number of hydrogen-bond acceptors (Lipinski definition) is 3. The van der Waals surface area contributed by atoms with Crippen LogP contribution in [0.3, 0.4) is 0 Å². The Labute approximate surface area is 57.8 Å². The summed E-state index contributed by atoms with van der Waals surface area (Å²) in [7, 11) is 0. The molecule has 0 aromatic carbocycles. The molecule has 56 valence electrons. The molecule has 0 unspecified atom stereocenters. The lowest BCUT2D eigenvalue weighted by Gasteiger charge is -1.98. The number of rotatable bonds is 4. The lowest BCUT2D eigenvalue weighted by Crippen LogP contribution is -2.37. The zero-order valence-electron chi connectivity index (χ0n) is 5.29. The highest BCUT2D eigenvalue weighted by Gasteiger charge is 1.94.